The Bertz CT molecular complexity index is 1490. The molecular weight excluding hydrogens is 453 g/mol. The molecule has 1 aromatic heterocycles. The molecule has 178 valence electrons. The van der Waals surface area contributed by atoms with E-state index in [1.54, 1.807) is 54.6 Å². The zero-order chi connectivity index (χ0) is 25.0. The van der Waals surface area contributed by atoms with E-state index in [1.807, 2.05) is 53.2 Å². The fourth-order valence-corrected chi connectivity index (χ4v) is 4.30. The number of carbonyl (C=O) groups excluding carboxylic acids is 1. The quantitative estimate of drug-likeness (QED) is 0.250. The van der Waals surface area contributed by atoms with Crippen LogP contribution in [0.4, 0.5) is 4.39 Å². The molecule has 5 aromatic rings. The van der Waals surface area contributed by atoms with Crippen LogP contribution in [0.5, 0.6) is 0 Å². The highest BCUT2D eigenvalue weighted by Gasteiger charge is 2.39. The molecule has 0 fully saturated rings. The van der Waals surface area contributed by atoms with Gasteiger partial charge in [0.2, 0.25) is 0 Å². The number of aromatic nitrogens is 1. The van der Waals surface area contributed by atoms with Crippen LogP contribution in [0.15, 0.2) is 120 Å². The molecule has 0 unspecified atom stereocenters. The van der Waals surface area contributed by atoms with Crippen molar-refractivity contribution in [3.05, 3.63) is 143 Å². The van der Waals surface area contributed by atoms with Crippen molar-refractivity contribution in [1.82, 2.24) is 9.99 Å². The fourth-order valence-electron chi connectivity index (χ4n) is 4.30. The highest BCUT2D eigenvalue weighted by atomic mass is 19.1. The summed E-state index contributed by atoms with van der Waals surface area (Å²) in [6.45, 7) is 0.558. The Morgan fingerprint density at radius 1 is 0.889 bits per heavy atom. The van der Waals surface area contributed by atoms with Gasteiger partial charge in [-0.05, 0) is 52.6 Å². The van der Waals surface area contributed by atoms with E-state index in [4.69, 9.17) is 0 Å². The number of carbonyl (C=O) groups is 1. The Kier molecular flexibility index (Phi) is 6.43. The summed E-state index contributed by atoms with van der Waals surface area (Å²) in [6.07, 6.45) is 3.50. The van der Waals surface area contributed by atoms with Crippen LogP contribution in [-0.4, -0.2) is 21.8 Å². The van der Waals surface area contributed by atoms with Crippen LogP contribution in [0.1, 0.15) is 22.3 Å². The Hall–Kier alpha value is -4.55. The monoisotopic (exact) mass is 477 g/mol. The highest BCUT2D eigenvalue weighted by molar-refractivity contribution is 5.92. The number of hydrogen-bond acceptors (Lipinski definition) is 3. The number of fused-ring (bicyclic) bond motifs is 1. The SMILES string of the molecule is O=C(N/N=C/c1ccc2c(ccn2Cc2cccc(F)c2)c1)C(O)(c1ccccc1)c1ccccc1. The summed E-state index contributed by atoms with van der Waals surface area (Å²) in [5.74, 6) is -0.908. The first-order valence-corrected chi connectivity index (χ1v) is 11.5. The molecule has 36 heavy (non-hydrogen) atoms. The van der Waals surface area contributed by atoms with E-state index >= 15 is 0 Å². The summed E-state index contributed by atoms with van der Waals surface area (Å²) in [4.78, 5) is 13.2. The van der Waals surface area contributed by atoms with E-state index < -0.39 is 11.5 Å². The van der Waals surface area contributed by atoms with E-state index in [1.165, 1.54) is 18.3 Å². The first-order valence-electron chi connectivity index (χ1n) is 11.5. The van der Waals surface area contributed by atoms with Gasteiger partial charge in [-0.1, -0.05) is 78.9 Å². The maximum atomic E-state index is 13.5. The van der Waals surface area contributed by atoms with Crippen LogP contribution in [0.2, 0.25) is 0 Å². The first-order chi connectivity index (χ1) is 17.5. The number of benzene rings is 4. The lowest BCUT2D eigenvalue weighted by Crippen LogP contribution is -2.43. The second-order valence-corrected chi connectivity index (χ2v) is 8.53. The van der Waals surface area contributed by atoms with Gasteiger partial charge in [0.1, 0.15) is 5.82 Å². The second-order valence-electron chi connectivity index (χ2n) is 8.53. The normalized spacial score (nSPS) is 11.7. The average Bonchev–Trinajstić information content (AvgIpc) is 3.31. The first kappa shape index (κ1) is 23.2. The van der Waals surface area contributed by atoms with Gasteiger partial charge in [-0.15, -0.1) is 0 Å². The number of nitrogens with one attached hydrogen (secondary N) is 1. The fraction of sp³-hybridized carbons (Fsp3) is 0.0667. The zero-order valence-electron chi connectivity index (χ0n) is 19.4. The summed E-state index contributed by atoms with van der Waals surface area (Å²) in [7, 11) is 0. The summed E-state index contributed by atoms with van der Waals surface area (Å²) >= 11 is 0. The molecule has 5 nitrogen and oxygen atoms in total. The predicted octanol–water partition coefficient (Wildman–Crippen LogP) is 5.21. The van der Waals surface area contributed by atoms with Gasteiger partial charge in [0, 0.05) is 23.6 Å². The molecule has 0 aliphatic rings. The predicted molar refractivity (Wildman–Crippen MR) is 139 cm³/mol. The molecule has 0 aliphatic heterocycles. The van der Waals surface area contributed by atoms with Gasteiger partial charge in [0.25, 0.3) is 5.91 Å². The Morgan fingerprint density at radius 3 is 2.25 bits per heavy atom. The standard InChI is InChI=1S/C30H24FN3O2/c31-27-13-7-8-23(19-27)21-34-17-16-24-18-22(14-15-28(24)34)20-32-33-29(35)30(36,25-9-3-1-4-10-25)26-11-5-2-6-12-26/h1-20,36H,21H2,(H,33,35)/b32-20+. The van der Waals surface area contributed by atoms with Gasteiger partial charge < -0.3 is 9.67 Å². The molecule has 4 aromatic carbocycles. The van der Waals surface area contributed by atoms with Crippen LogP contribution in [0.25, 0.3) is 10.9 Å². The summed E-state index contributed by atoms with van der Waals surface area (Å²) in [5, 5.41) is 16.6. The lowest BCUT2D eigenvalue weighted by Gasteiger charge is -2.27. The maximum absolute atomic E-state index is 13.5. The van der Waals surface area contributed by atoms with Crippen LogP contribution >= 0.6 is 0 Å². The number of rotatable bonds is 7. The third-order valence-electron chi connectivity index (χ3n) is 6.13. The van der Waals surface area contributed by atoms with Crippen molar-refractivity contribution < 1.29 is 14.3 Å². The molecule has 2 N–H and O–H groups in total. The number of hydrazone groups is 1. The van der Waals surface area contributed by atoms with Crippen molar-refractivity contribution in [2.75, 3.05) is 0 Å². The molecule has 0 aliphatic carbocycles. The lowest BCUT2D eigenvalue weighted by molar-refractivity contribution is -0.136. The van der Waals surface area contributed by atoms with Crippen molar-refractivity contribution in [2.45, 2.75) is 12.1 Å². The van der Waals surface area contributed by atoms with Crippen molar-refractivity contribution in [2.24, 2.45) is 5.10 Å². The molecule has 5 rings (SSSR count). The van der Waals surface area contributed by atoms with Crippen molar-refractivity contribution >= 4 is 23.0 Å². The molecule has 1 heterocycles. The van der Waals surface area contributed by atoms with E-state index in [0.29, 0.717) is 17.7 Å². The molecule has 0 saturated carbocycles. The third kappa shape index (κ3) is 4.67. The zero-order valence-corrected chi connectivity index (χ0v) is 19.4. The number of hydrogen-bond donors (Lipinski definition) is 2. The van der Waals surface area contributed by atoms with E-state index in [2.05, 4.69) is 10.5 Å². The van der Waals surface area contributed by atoms with Gasteiger partial charge in [-0.3, -0.25) is 4.79 Å². The van der Waals surface area contributed by atoms with Crippen molar-refractivity contribution in [3.8, 4) is 0 Å². The topological polar surface area (TPSA) is 66.6 Å². The van der Waals surface area contributed by atoms with Crippen LogP contribution in [0.3, 0.4) is 0 Å². The van der Waals surface area contributed by atoms with Crippen LogP contribution in [-0.2, 0) is 16.9 Å². The van der Waals surface area contributed by atoms with Gasteiger partial charge >= 0.3 is 0 Å². The smallest absolute Gasteiger partial charge is 0.281 e. The summed E-state index contributed by atoms with van der Waals surface area (Å²) in [5.41, 5.74) is 4.18. The largest absolute Gasteiger partial charge is 0.372 e. The van der Waals surface area contributed by atoms with Gasteiger partial charge in [0.05, 0.1) is 6.21 Å². The number of halogens is 1. The van der Waals surface area contributed by atoms with Crippen molar-refractivity contribution in [1.29, 1.82) is 0 Å². The number of amides is 1. The second kappa shape index (κ2) is 9.98. The molecule has 1 amide bonds. The molecule has 0 saturated heterocycles. The minimum atomic E-state index is -1.89. The lowest BCUT2D eigenvalue weighted by atomic mass is 9.85. The van der Waals surface area contributed by atoms with E-state index in [0.717, 1.165) is 22.0 Å². The Balaban J connectivity index is 1.34. The van der Waals surface area contributed by atoms with Gasteiger partial charge in [-0.25, -0.2) is 9.82 Å². The Labute approximate surface area is 208 Å². The number of nitrogens with zero attached hydrogens (tertiary/aromatic N) is 2. The average molecular weight is 478 g/mol. The highest BCUT2D eigenvalue weighted by Crippen LogP contribution is 2.30. The molecular formula is C30H24FN3O2. The summed E-state index contributed by atoms with van der Waals surface area (Å²) < 4.78 is 15.6. The van der Waals surface area contributed by atoms with Crippen molar-refractivity contribution in [3.63, 3.8) is 0 Å². The molecule has 6 heteroatoms. The Morgan fingerprint density at radius 2 is 1.58 bits per heavy atom. The third-order valence-corrected chi connectivity index (χ3v) is 6.13. The number of aliphatic hydroxyl groups is 1. The molecule has 0 bridgehead atoms. The van der Waals surface area contributed by atoms with E-state index in [9.17, 15) is 14.3 Å². The van der Waals surface area contributed by atoms with E-state index in [-0.39, 0.29) is 5.82 Å². The van der Waals surface area contributed by atoms with Crippen LogP contribution in [0, 0.1) is 5.82 Å². The molecule has 0 atom stereocenters. The minimum absolute atomic E-state index is 0.254. The summed E-state index contributed by atoms with van der Waals surface area (Å²) in [6, 6.07) is 31.9. The van der Waals surface area contributed by atoms with Gasteiger partial charge in [0.15, 0.2) is 5.60 Å². The van der Waals surface area contributed by atoms with Gasteiger partial charge in [-0.2, -0.15) is 5.10 Å². The van der Waals surface area contributed by atoms with Crippen LogP contribution < -0.4 is 5.43 Å². The maximum Gasteiger partial charge on any atom is 0.281 e. The molecule has 0 spiro atoms. The molecule has 0 radical (unpaired) electrons. The minimum Gasteiger partial charge on any atom is -0.372 e.